The number of anilines is 2. The van der Waals surface area contributed by atoms with Crippen molar-refractivity contribution in [1.29, 1.82) is 0 Å². The first-order valence-electron chi connectivity index (χ1n) is 5.98. The molecule has 0 amide bonds. The number of thiocarbonyl (C=S) groups is 1. The molecule has 0 fully saturated rings. The molecular weight excluding hydrogens is 296 g/mol. The van der Waals surface area contributed by atoms with Gasteiger partial charge in [0.05, 0.1) is 25.0 Å². The Morgan fingerprint density at radius 2 is 2.35 bits per heavy atom. The summed E-state index contributed by atoms with van der Waals surface area (Å²) in [5, 5.41) is 8.05. The maximum Gasteiger partial charge on any atom is 0.106 e. The van der Waals surface area contributed by atoms with E-state index in [1.54, 1.807) is 30.1 Å². The van der Waals surface area contributed by atoms with E-state index in [4.69, 9.17) is 34.3 Å². The van der Waals surface area contributed by atoms with Crippen molar-refractivity contribution in [3.05, 3.63) is 41.2 Å². The van der Waals surface area contributed by atoms with Crippen molar-refractivity contribution in [3.8, 4) is 0 Å². The molecule has 0 atom stereocenters. The first-order valence-corrected chi connectivity index (χ1v) is 6.76. The molecular formula is C13H15ClN4OS. The molecule has 1 aromatic carbocycles. The highest BCUT2D eigenvalue weighted by Gasteiger charge is 2.07. The summed E-state index contributed by atoms with van der Waals surface area (Å²) in [6, 6.07) is 5.35. The Labute approximate surface area is 127 Å². The molecule has 2 rings (SSSR count). The van der Waals surface area contributed by atoms with Gasteiger partial charge in [0.1, 0.15) is 4.99 Å². The van der Waals surface area contributed by atoms with Crippen LogP contribution in [0.15, 0.2) is 30.6 Å². The fourth-order valence-corrected chi connectivity index (χ4v) is 2.06. The molecule has 2 aromatic rings. The first-order chi connectivity index (χ1) is 9.60. The van der Waals surface area contributed by atoms with E-state index >= 15 is 0 Å². The number of benzene rings is 1. The Bertz CT molecular complexity index is 614. The first kappa shape index (κ1) is 14.8. The maximum atomic E-state index is 5.95. The molecule has 3 N–H and O–H groups in total. The zero-order valence-corrected chi connectivity index (χ0v) is 12.5. The molecule has 0 aliphatic rings. The number of hydrogen-bond acceptors (Lipinski definition) is 4. The van der Waals surface area contributed by atoms with Gasteiger partial charge in [-0.1, -0.05) is 23.8 Å². The molecule has 0 saturated heterocycles. The summed E-state index contributed by atoms with van der Waals surface area (Å²) in [6.45, 7) is 1.31. The van der Waals surface area contributed by atoms with Gasteiger partial charge in [0, 0.05) is 29.6 Å². The maximum absolute atomic E-state index is 5.95. The van der Waals surface area contributed by atoms with Crippen LogP contribution in [0.1, 0.15) is 5.56 Å². The van der Waals surface area contributed by atoms with Crippen LogP contribution in [-0.4, -0.2) is 28.5 Å². The Hall–Kier alpha value is -1.63. The summed E-state index contributed by atoms with van der Waals surface area (Å²) in [4.78, 5) is 0.293. The van der Waals surface area contributed by atoms with E-state index in [0.29, 0.717) is 28.7 Å². The molecule has 0 radical (unpaired) electrons. The average molecular weight is 311 g/mol. The number of nitrogens with zero attached hydrogens (tertiary/aromatic N) is 2. The third-order valence-electron chi connectivity index (χ3n) is 2.68. The van der Waals surface area contributed by atoms with Crippen LogP contribution in [0.4, 0.5) is 11.4 Å². The van der Waals surface area contributed by atoms with Crippen molar-refractivity contribution >= 4 is 40.2 Å². The number of halogens is 1. The molecule has 1 heterocycles. The van der Waals surface area contributed by atoms with E-state index in [9.17, 15) is 0 Å². The SMILES string of the molecule is COCCn1cc(Nc2ccc(Cl)cc2C(N)=S)cn1. The predicted molar refractivity (Wildman–Crippen MR) is 84.7 cm³/mol. The van der Waals surface area contributed by atoms with E-state index in [1.165, 1.54) is 0 Å². The molecule has 0 spiro atoms. The summed E-state index contributed by atoms with van der Waals surface area (Å²) in [6.07, 6.45) is 3.62. The van der Waals surface area contributed by atoms with Gasteiger partial charge in [0.2, 0.25) is 0 Å². The lowest BCUT2D eigenvalue weighted by Gasteiger charge is -2.10. The number of nitrogens with two attached hydrogens (primary N) is 1. The minimum atomic E-state index is 0.293. The van der Waals surface area contributed by atoms with E-state index in [-0.39, 0.29) is 0 Å². The highest BCUT2D eigenvalue weighted by atomic mass is 35.5. The van der Waals surface area contributed by atoms with Crippen LogP contribution >= 0.6 is 23.8 Å². The van der Waals surface area contributed by atoms with Gasteiger partial charge in [-0.2, -0.15) is 5.10 Å². The van der Waals surface area contributed by atoms with Crippen molar-refractivity contribution in [1.82, 2.24) is 9.78 Å². The van der Waals surface area contributed by atoms with Crippen LogP contribution in [-0.2, 0) is 11.3 Å². The highest BCUT2D eigenvalue weighted by molar-refractivity contribution is 7.80. The van der Waals surface area contributed by atoms with Gasteiger partial charge in [0.25, 0.3) is 0 Å². The number of ether oxygens (including phenoxy) is 1. The average Bonchev–Trinajstić information content (AvgIpc) is 2.86. The predicted octanol–water partition coefficient (Wildman–Crippen LogP) is 2.56. The number of hydrogen-bond donors (Lipinski definition) is 2. The lowest BCUT2D eigenvalue weighted by atomic mass is 10.1. The zero-order valence-electron chi connectivity index (χ0n) is 11.0. The van der Waals surface area contributed by atoms with Crippen molar-refractivity contribution < 1.29 is 4.74 Å². The van der Waals surface area contributed by atoms with Crippen LogP contribution in [0.5, 0.6) is 0 Å². The molecule has 7 heteroatoms. The summed E-state index contributed by atoms with van der Waals surface area (Å²) in [7, 11) is 1.66. The largest absolute Gasteiger partial charge is 0.389 e. The Balaban J connectivity index is 2.17. The molecule has 0 bridgehead atoms. The second kappa shape index (κ2) is 6.69. The van der Waals surface area contributed by atoms with Gasteiger partial charge in [-0.15, -0.1) is 0 Å². The molecule has 106 valence electrons. The van der Waals surface area contributed by atoms with Crippen molar-refractivity contribution in [2.75, 3.05) is 19.0 Å². The Morgan fingerprint density at radius 3 is 3.05 bits per heavy atom. The number of nitrogens with one attached hydrogen (secondary N) is 1. The van der Waals surface area contributed by atoms with Gasteiger partial charge in [-0.3, -0.25) is 4.68 Å². The molecule has 20 heavy (non-hydrogen) atoms. The summed E-state index contributed by atoms with van der Waals surface area (Å²) in [5.41, 5.74) is 8.06. The van der Waals surface area contributed by atoms with Crippen LogP contribution in [0.25, 0.3) is 0 Å². The fraction of sp³-hybridized carbons (Fsp3) is 0.231. The van der Waals surface area contributed by atoms with Crippen LogP contribution in [0, 0.1) is 0 Å². The van der Waals surface area contributed by atoms with E-state index < -0.39 is 0 Å². The standard InChI is InChI=1S/C13H15ClN4OS/c1-19-5-4-18-8-10(7-16-18)17-12-3-2-9(14)6-11(12)13(15)20/h2-3,6-8,17H,4-5H2,1H3,(H2,15,20). The van der Waals surface area contributed by atoms with Gasteiger partial charge < -0.3 is 15.8 Å². The fourth-order valence-electron chi connectivity index (χ4n) is 1.72. The van der Waals surface area contributed by atoms with Crippen molar-refractivity contribution in [3.63, 3.8) is 0 Å². The quantitative estimate of drug-likeness (QED) is 0.803. The molecule has 0 unspecified atom stereocenters. The second-order valence-electron chi connectivity index (χ2n) is 4.16. The number of rotatable bonds is 6. The highest BCUT2D eigenvalue weighted by Crippen LogP contribution is 2.24. The van der Waals surface area contributed by atoms with E-state index in [0.717, 1.165) is 11.4 Å². The number of aromatic nitrogens is 2. The van der Waals surface area contributed by atoms with E-state index in [2.05, 4.69) is 10.4 Å². The van der Waals surface area contributed by atoms with Crippen molar-refractivity contribution in [2.45, 2.75) is 6.54 Å². The lowest BCUT2D eigenvalue weighted by molar-refractivity contribution is 0.183. The summed E-state index contributed by atoms with van der Waals surface area (Å²) in [5.74, 6) is 0. The minimum absolute atomic E-state index is 0.293. The lowest BCUT2D eigenvalue weighted by Crippen LogP contribution is -2.11. The molecule has 0 aliphatic carbocycles. The van der Waals surface area contributed by atoms with Gasteiger partial charge >= 0.3 is 0 Å². The van der Waals surface area contributed by atoms with Gasteiger partial charge in [-0.25, -0.2) is 0 Å². The monoisotopic (exact) mass is 310 g/mol. The third kappa shape index (κ3) is 3.69. The summed E-state index contributed by atoms with van der Waals surface area (Å²) >= 11 is 11.0. The number of methoxy groups -OCH3 is 1. The Kier molecular flexibility index (Phi) is 4.94. The normalized spacial score (nSPS) is 10.5. The molecule has 1 aromatic heterocycles. The smallest absolute Gasteiger partial charge is 0.106 e. The second-order valence-corrected chi connectivity index (χ2v) is 5.04. The topological polar surface area (TPSA) is 65.1 Å². The van der Waals surface area contributed by atoms with Gasteiger partial charge in [0.15, 0.2) is 0 Å². The molecule has 0 aliphatic heterocycles. The summed E-state index contributed by atoms with van der Waals surface area (Å²) < 4.78 is 6.80. The van der Waals surface area contributed by atoms with Crippen LogP contribution in [0.3, 0.4) is 0 Å². The molecule has 5 nitrogen and oxygen atoms in total. The van der Waals surface area contributed by atoms with Gasteiger partial charge in [-0.05, 0) is 18.2 Å². The van der Waals surface area contributed by atoms with Crippen molar-refractivity contribution in [2.24, 2.45) is 5.73 Å². The van der Waals surface area contributed by atoms with Crippen LogP contribution in [0.2, 0.25) is 5.02 Å². The zero-order chi connectivity index (χ0) is 14.5. The van der Waals surface area contributed by atoms with Crippen LogP contribution < -0.4 is 11.1 Å². The minimum Gasteiger partial charge on any atom is -0.389 e. The third-order valence-corrected chi connectivity index (χ3v) is 3.14. The molecule has 0 saturated carbocycles. The Morgan fingerprint density at radius 1 is 1.55 bits per heavy atom. The van der Waals surface area contributed by atoms with E-state index in [1.807, 2.05) is 12.3 Å².